The monoisotopic (exact) mass is 505 g/mol. The molecule has 2 atom stereocenters. The summed E-state index contributed by atoms with van der Waals surface area (Å²) in [5.74, 6) is 3.79. The van der Waals surface area contributed by atoms with Crippen molar-refractivity contribution in [3.05, 3.63) is 59.2 Å². The van der Waals surface area contributed by atoms with Crippen LogP contribution in [0, 0.1) is 0 Å². The Labute approximate surface area is 223 Å². The summed E-state index contributed by atoms with van der Waals surface area (Å²) in [7, 11) is 0. The average Bonchev–Trinajstić information content (AvgIpc) is 3.19. The molecule has 2 aliphatic heterocycles. The number of hydrogen-bond donors (Lipinski definition) is 2. The second-order valence-corrected chi connectivity index (χ2v) is 9.47. The Hall–Kier alpha value is -2.58. The number of aliphatic carboxylic acids is 1. The topological polar surface area (TPSA) is 159 Å². The van der Waals surface area contributed by atoms with Crippen molar-refractivity contribution in [2.75, 3.05) is 11.6 Å². The summed E-state index contributed by atoms with van der Waals surface area (Å²) in [4.78, 5) is 51.2. The van der Waals surface area contributed by atoms with Crippen molar-refractivity contribution in [1.82, 2.24) is 29.8 Å². The summed E-state index contributed by atoms with van der Waals surface area (Å²) < 4.78 is 1.24. The van der Waals surface area contributed by atoms with Crippen LogP contribution in [0.3, 0.4) is 0 Å². The Balaban J connectivity index is 0.00000274. The van der Waals surface area contributed by atoms with E-state index in [1.807, 2.05) is 30.3 Å². The molecule has 0 bridgehead atoms. The van der Waals surface area contributed by atoms with Gasteiger partial charge < -0.3 is 21.1 Å². The predicted octanol–water partition coefficient (Wildman–Crippen LogP) is -3.76. The van der Waals surface area contributed by atoms with Gasteiger partial charge in [-0.2, -0.15) is 0 Å². The van der Waals surface area contributed by atoms with Crippen molar-refractivity contribution in [3.63, 3.8) is 0 Å². The van der Waals surface area contributed by atoms with E-state index in [-0.39, 0.29) is 47.6 Å². The number of carboxylic acids is 1. The Kier molecular flexibility index (Phi) is 7.19. The van der Waals surface area contributed by atoms with Gasteiger partial charge in [-0.25, -0.2) is 19.6 Å². The van der Waals surface area contributed by atoms with E-state index in [4.69, 9.17) is 5.84 Å². The van der Waals surface area contributed by atoms with E-state index in [1.165, 1.54) is 34.0 Å². The normalized spacial score (nSPS) is 19.3. The molecule has 4 heterocycles. The molecule has 3 aromatic rings. The number of nitrogens with two attached hydrogens (primary N) is 1. The van der Waals surface area contributed by atoms with Crippen LogP contribution < -0.4 is 45.8 Å². The fourth-order valence-corrected chi connectivity index (χ4v) is 6.17. The third-order valence-corrected chi connectivity index (χ3v) is 7.73. The Morgan fingerprint density at radius 2 is 2.00 bits per heavy atom. The van der Waals surface area contributed by atoms with E-state index in [0.29, 0.717) is 26.8 Å². The molecule has 0 aliphatic carbocycles. The van der Waals surface area contributed by atoms with Crippen molar-refractivity contribution in [3.8, 4) is 0 Å². The number of benzene rings is 1. The fourth-order valence-electron chi connectivity index (χ4n) is 3.69. The first-order valence-corrected chi connectivity index (χ1v) is 11.6. The van der Waals surface area contributed by atoms with Crippen LogP contribution in [0.15, 0.2) is 58.6 Å². The zero-order valence-electron chi connectivity index (χ0n) is 17.9. The molecule has 1 unspecified atom stereocenters. The first kappa shape index (κ1) is 24.5. The number of rotatable bonds is 6. The average molecular weight is 506 g/mol. The quantitative estimate of drug-likeness (QED) is 0.147. The van der Waals surface area contributed by atoms with Crippen LogP contribution in [0.4, 0.5) is 0 Å². The Bertz CT molecular complexity index is 1320. The number of carboxylic acid groups (broad SMARTS) is 1. The molecule has 2 aromatic heterocycles. The summed E-state index contributed by atoms with van der Waals surface area (Å²) in [5, 5.41) is 14.6. The molecule has 0 radical (unpaired) electrons. The van der Waals surface area contributed by atoms with E-state index in [2.05, 4.69) is 20.3 Å². The number of carbonyl (C=O) groups is 3. The molecule has 1 fully saturated rings. The molecule has 1 saturated heterocycles. The van der Waals surface area contributed by atoms with Crippen molar-refractivity contribution in [1.29, 1.82) is 0 Å². The molecule has 5 rings (SSSR count). The third kappa shape index (κ3) is 4.41. The Morgan fingerprint density at radius 3 is 2.74 bits per heavy atom. The van der Waals surface area contributed by atoms with Gasteiger partial charge in [0.25, 0.3) is 5.91 Å². The molecule has 14 heteroatoms. The number of nitrogen functional groups attached to an aromatic ring is 1. The zero-order valence-corrected chi connectivity index (χ0v) is 21.5. The first-order chi connectivity index (χ1) is 15.9. The maximum Gasteiger partial charge on any atom is 1.00 e. The van der Waals surface area contributed by atoms with Gasteiger partial charge >= 0.3 is 29.6 Å². The molecule has 0 spiro atoms. The smallest absolute Gasteiger partial charge is 0.543 e. The van der Waals surface area contributed by atoms with E-state index in [1.54, 1.807) is 0 Å². The third-order valence-electron chi connectivity index (χ3n) is 5.20. The SMILES string of the molecule is Nn1cnc2c(SC3=C(C(=O)[O-])N4C(=O)C(NC(=O)Cc5ccccc5)[C@H]4SC3)ncnc21.[Na+]. The van der Waals surface area contributed by atoms with E-state index in [0.717, 1.165) is 17.3 Å². The molecule has 11 nitrogen and oxygen atoms in total. The van der Waals surface area contributed by atoms with Crippen molar-refractivity contribution in [2.45, 2.75) is 22.9 Å². The van der Waals surface area contributed by atoms with Gasteiger partial charge in [0.2, 0.25) is 5.91 Å². The first-order valence-electron chi connectivity index (χ1n) is 9.77. The molecule has 2 amide bonds. The summed E-state index contributed by atoms with van der Waals surface area (Å²) in [6, 6.07) is 8.35. The van der Waals surface area contributed by atoms with Gasteiger partial charge in [-0.1, -0.05) is 42.1 Å². The summed E-state index contributed by atoms with van der Waals surface area (Å²) in [6.07, 6.45) is 2.81. The van der Waals surface area contributed by atoms with E-state index >= 15 is 0 Å². The number of aromatic nitrogens is 4. The number of fused-ring (bicyclic) bond motifs is 2. The van der Waals surface area contributed by atoms with Crippen LogP contribution in [0.2, 0.25) is 0 Å². The minimum Gasteiger partial charge on any atom is -0.543 e. The number of nitrogens with one attached hydrogen (secondary N) is 1. The maximum atomic E-state index is 12.8. The van der Waals surface area contributed by atoms with E-state index in [9.17, 15) is 19.5 Å². The molecular formula is C20H16N7NaO4S2. The van der Waals surface area contributed by atoms with Gasteiger partial charge in [-0.3, -0.25) is 14.5 Å². The molecule has 2 aliphatic rings. The number of imidazole rings is 1. The van der Waals surface area contributed by atoms with Gasteiger partial charge in [0.05, 0.1) is 18.1 Å². The number of nitrogens with zero attached hydrogens (tertiary/aromatic N) is 5. The van der Waals surface area contributed by atoms with Gasteiger partial charge in [-0.15, -0.1) is 11.8 Å². The molecule has 34 heavy (non-hydrogen) atoms. The van der Waals surface area contributed by atoms with Crippen LogP contribution in [-0.4, -0.2) is 59.5 Å². The second-order valence-electron chi connectivity index (χ2n) is 7.28. The number of thioether (sulfide) groups is 2. The number of hydrogen-bond acceptors (Lipinski definition) is 10. The van der Waals surface area contributed by atoms with Crippen LogP contribution >= 0.6 is 23.5 Å². The second kappa shape index (κ2) is 9.96. The van der Waals surface area contributed by atoms with Gasteiger partial charge in [0, 0.05) is 10.7 Å². The maximum absolute atomic E-state index is 12.8. The molecule has 168 valence electrons. The van der Waals surface area contributed by atoms with Crippen LogP contribution in [0.25, 0.3) is 11.2 Å². The number of carbonyl (C=O) groups excluding carboxylic acids is 3. The fraction of sp³-hybridized carbons (Fsp3) is 0.200. The minimum absolute atomic E-state index is 0. The molecular weight excluding hydrogens is 489 g/mol. The largest absolute Gasteiger partial charge is 1.00 e. The zero-order chi connectivity index (χ0) is 23.1. The van der Waals surface area contributed by atoms with Gasteiger partial charge in [0.15, 0.2) is 5.65 Å². The molecule has 3 N–H and O–H groups in total. The van der Waals surface area contributed by atoms with Crippen LogP contribution in [0.5, 0.6) is 0 Å². The van der Waals surface area contributed by atoms with Crippen molar-refractivity contribution >= 4 is 52.5 Å². The summed E-state index contributed by atoms with van der Waals surface area (Å²) in [5.41, 5.74) is 1.41. The standard InChI is InChI=1S/C20H17N7O4S2.Na/c21-26-9-24-13-16(26)22-8-23-17(13)33-11-7-32-19-14(18(29)27(19)15(11)20(30)31)25-12(28)6-10-4-2-1-3-5-10;/h1-5,8-9,14,19H,6-7,21H2,(H,25,28)(H,30,31);/q;+1/p-1/t14?,19-;/m1./s1. The molecule has 1 aromatic carbocycles. The minimum atomic E-state index is -1.47. The number of amides is 2. The van der Waals surface area contributed by atoms with Crippen LogP contribution in [0.1, 0.15) is 5.56 Å². The molecule has 0 saturated carbocycles. The Morgan fingerprint density at radius 1 is 1.24 bits per heavy atom. The summed E-state index contributed by atoms with van der Waals surface area (Å²) >= 11 is 2.44. The van der Waals surface area contributed by atoms with Gasteiger partial charge in [-0.05, 0) is 5.56 Å². The van der Waals surface area contributed by atoms with Crippen molar-refractivity contribution < 1.29 is 49.0 Å². The van der Waals surface area contributed by atoms with Crippen molar-refractivity contribution in [2.24, 2.45) is 0 Å². The van der Waals surface area contributed by atoms with Crippen LogP contribution in [-0.2, 0) is 20.8 Å². The van der Waals surface area contributed by atoms with Gasteiger partial charge in [0.1, 0.15) is 34.6 Å². The number of β-lactam (4-membered cyclic amide) rings is 1. The predicted molar refractivity (Wildman–Crippen MR) is 119 cm³/mol. The summed E-state index contributed by atoms with van der Waals surface area (Å²) in [6.45, 7) is 0. The van der Waals surface area contributed by atoms with E-state index < -0.39 is 23.3 Å².